The molecule has 0 aliphatic rings. The number of nitrogens with zero attached hydrogens (tertiary/aromatic N) is 3. The second-order valence-electron chi connectivity index (χ2n) is 3.94. The van der Waals surface area contributed by atoms with E-state index in [1.165, 1.54) is 6.07 Å². The average Bonchev–Trinajstić information content (AvgIpc) is 2.78. The van der Waals surface area contributed by atoms with Gasteiger partial charge in [0.15, 0.2) is 0 Å². The van der Waals surface area contributed by atoms with Crippen LogP contribution in [0, 0.1) is 5.82 Å². The Balaban J connectivity index is 1.97. The van der Waals surface area contributed by atoms with E-state index >= 15 is 0 Å². The lowest BCUT2D eigenvalue weighted by molar-refractivity contribution is 0.128. The van der Waals surface area contributed by atoms with Gasteiger partial charge in [0.1, 0.15) is 12.4 Å². The summed E-state index contributed by atoms with van der Waals surface area (Å²) in [6.45, 7) is 1.93. The zero-order chi connectivity index (χ0) is 13.0. The highest BCUT2D eigenvalue weighted by Crippen LogP contribution is 2.08. The van der Waals surface area contributed by atoms with Crippen molar-refractivity contribution in [3.05, 3.63) is 53.6 Å². The third-order valence-electron chi connectivity index (χ3n) is 2.50. The monoisotopic (exact) mass is 247 g/mol. The van der Waals surface area contributed by atoms with Gasteiger partial charge < -0.3 is 4.84 Å². The summed E-state index contributed by atoms with van der Waals surface area (Å²) in [6.07, 6.45) is 3.54. The van der Waals surface area contributed by atoms with Crippen LogP contribution in [0.1, 0.15) is 18.1 Å². The summed E-state index contributed by atoms with van der Waals surface area (Å²) in [6, 6.07) is 6.48. The quantitative estimate of drug-likeness (QED) is 0.615. The van der Waals surface area contributed by atoms with E-state index in [2.05, 4.69) is 10.3 Å². The molecular formula is C13H14FN3O. The molecule has 2 rings (SSSR count). The molecule has 5 heteroatoms. The smallest absolute Gasteiger partial charge is 0.145 e. The first-order valence-corrected chi connectivity index (χ1v) is 5.56. The van der Waals surface area contributed by atoms with Gasteiger partial charge in [-0.25, -0.2) is 4.39 Å². The maximum Gasteiger partial charge on any atom is 0.145 e. The molecule has 1 aromatic heterocycles. The zero-order valence-corrected chi connectivity index (χ0v) is 10.3. The second-order valence-corrected chi connectivity index (χ2v) is 3.94. The van der Waals surface area contributed by atoms with Gasteiger partial charge in [0, 0.05) is 24.4 Å². The zero-order valence-electron chi connectivity index (χ0n) is 10.3. The van der Waals surface area contributed by atoms with Crippen LogP contribution < -0.4 is 0 Å². The van der Waals surface area contributed by atoms with Crippen LogP contribution in [0.5, 0.6) is 0 Å². The molecular weight excluding hydrogens is 233 g/mol. The van der Waals surface area contributed by atoms with Gasteiger partial charge >= 0.3 is 0 Å². The largest absolute Gasteiger partial charge is 0.391 e. The predicted octanol–water partition coefficient (Wildman–Crippen LogP) is 2.50. The highest BCUT2D eigenvalue weighted by Gasteiger charge is 2.02. The van der Waals surface area contributed by atoms with Crippen LogP contribution in [-0.4, -0.2) is 15.5 Å². The molecule has 1 heterocycles. The first-order chi connectivity index (χ1) is 8.66. The van der Waals surface area contributed by atoms with E-state index in [4.69, 9.17) is 4.84 Å². The third-order valence-corrected chi connectivity index (χ3v) is 2.50. The fraction of sp³-hybridized carbons (Fsp3) is 0.231. The number of halogens is 1. The minimum absolute atomic E-state index is 0.115. The van der Waals surface area contributed by atoms with Crippen LogP contribution >= 0.6 is 0 Å². The van der Waals surface area contributed by atoms with Crippen LogP contribution in [0.4, 0.5) is 4.39 Å². The first kappa shape index (κ1) is 12.3. The summed E-state index contributed by atoms with van der Waals surface area (Å²) >= 11 is 0. The summed E-state index contributed by atoms with van der Waals surface area (Å²) in [7, 11) is 1.83. The molecule has 0 fully saturated rings. The fourth-order valence-corrected chi connectivity index (χ4v) is 1.47. The van der Waals surface area contributed by atoms with Gasteiger partial charge in [-0.15, -0.1) is 0 Å². The van der Waals surface area contributed by atoms with Crippen molar-refractivity contribution in [2.45, 2.75) is 13.5 Å². The molecule has 0 spiro atoms. The summed E-state index contributed by atoms with van der Waals surface area (Å²) in [4.78, 5) is 5.14. The highest BCUT2D eigenvalue weighted by molar-refractivity contribution is 5.97. The second kappa shape index (κ2) is 5.44. The lowest BCUT2D eigenvalue weighted by Crippen LogP contribution is -1.97. The summed E-state index contributed by atoms with van der Waals surface area (Å²) in [5, 5.41) is 7.98. The minimum atomic E-state index is -0.285. The Morgan fingerprint density at radius 1 is 1.44 bits per heavy atom. The molecule has 94 valence electrons. The van der Waals surface area contributed by atoms with Crippen LogP contribution in [0.15, 0.2) is 41.8 Å². The van der Waals surface area contributed by atoms with Gasteiger partial charge in [0.25, 0.3) is 0 Å². The molecule has 0 unspecified atom stereocenters. The van der Waals surface area contributed by atoms with E-state index in [0.717, 1.165) is 5.56 Å². The van der Waals surface area contributed by atoms with Gasteiger partial charge in [-0.3, -0.25) is 4.68 Å². The molecule has 0 radical (unpaired) electrons. The van der Waals surface area contributed by atoms with E-state index < -0.39 is 0 Å². The van der Waals surface area contributed by atoms with Crippen molar-refractivity contribution < 1.29 is 9.23 Å². The molecule has 2 aromatic rings. The molecule has 18 heavy (non-hydrogen) atoms. The standard InChI is InChI=1S/C13H14FN3O/c1-10(12-7-15-17(2)8-12)16-18-9-11-5-3-4-6-13(11)14/h3-8H,9H2,1-2H3/b16-10+. The van der Waals surface area contributed by atoms with Gasteiger partial charge in [-0.05, 0) is 13.0 Å². The van der Waals surface area contributed by atoms with Crippen molar-refractivity contribution >= 4 is 5.71 Å². The summed E-state index contributed by atoms with van der Waals surface area (Å²) in [5.74, 6) is -0.285. The fourth-order valence-electron chi connectivity index (χ4n) is 1.47. The van der Waals surface area contributed by atoms with Crippen LogP contribution in [0.3, 0.4) is 0 Å². The number of hydrogen-bond acceptors (Lipinski definition) is 3. The number of aryl methyl sites for hydroxylation is 1. The van der Waals surface area contributed by atoms with E-state index in [1.807, 2.05) is 20.2 Å². The first-order valence-electron chi connectivity index (χ1n) is 5.56. The van der Waals surface area contributed by atoms with E-state index in [9.17, 15) is 4.39 Å². The van der Waals surface area contributed by atoms with E-state index in [1.54, 1.807) is 29.1 Å². The lowest BCUT2D eigenvalue weighted by Gasteiger charge is -2.02. The topological polar surface area (TPSA) is 39.4 Å². The Labute approximate surface area is 105 Å². The van der Waals surface area contributed by atoms with Crippen LogP contribution in [0.25, 0.3) is 0 Å². The average molecular weight is 247 g/mol. The SMILES string of the molecule is C/C(=N\OCc1ccccc1F)c1cnn(C)c1. The number of aromatic nitrogens is 2. The minimum Gasteiger partial charge on any atom is -0.391 e. The molecule has 4 nitrogen and oxygen atoms in total. The van der Waals surface area contributed by atoms with Gasteiger partial charge in [-0.1, -0.05) is 23.4 Å². The number of oxime groups is 1. The Hall–Kier alpha value is -2.17. The normalized spacial score (nSPS) is 11.6. The Bertz CT molecular complexity index is 563. The molecule has 0 aliphatic heterocycles. The van der Waals surface area contributed by atoms with Crippen molar-refractivity contribution in [3.8, 4) is 0 Å². The maximum absolute atomic E-state index is 13.3. The number of benzene rings is 1. The van der Waals surface area contributed by atoms with Crippen LogP contribution in [-0.2, 0) is 18.5 Å². The molecule has 1 aromatic carbocycles. The van der Waals surface area contributed by atoms with Crippen molar-refractivity contribution in [1.29, 1.82) is 0 Å². The number of hydrogen-bond donors (Lipinski definition) is 0. The van der Waals surface area contributed by atoms with Crippen molar-refractivity contribution in [2.24, 2.45) is 12.2 Å². The van der Waals surface area contributed by atoms with Crippen molar-refractivity contribution in [3.63, 3.8) is 0 Å². The Morgan fingerprint density at radius 3 is 2.89 bits per heavy atom. The Kier molecular flexibility index (Phi) is 3.72. The predicted molar refractivity (Wildman–Crippen MR) is 66.6 cm³/mol. The maximum atomic E-state index is 13.3. The van der Waals surface area contributed by atoms with E-state index in [0.29, 0.717) is 11.3 Å². The lowest BCUT2D eigenvalue weighted by atomic mass is 10.2. The summed E-state index contributed by atoms with van der Waals surface area (Å²) < 4.78 is 15.0. The van der Waals surface area contributed by atoms with Crippen molar-refractivity contribution in [2.75, 3.05) is 0 Å². The van der Waals surface area contributed by atoms with Gasteiger partial charge in [0.2, 0.25) is 0 Å². The molecule has 0 bridgehead atoms. The molecule has 0 atom stereocenters. The molecule has 0 saturated heterocycles. The van der Waals surface area contributed by atoms with Crippen molar-refractivity contribution in [1.82, 2.24) is 9.78 Å². The molecule has 0 aliphatic carbocycles. The summed E-state index contributed by atoms with van der Waals surface area (Å²) in [5.41, 5.74) is 2.07. The number of rotatable bonds is 4. The third kappa shape index (κ3) is 2.94. The van der Waals surface area contributed by atoms with Gasteiger partial charge in [-0.2, -0.15) is 5.10 Å². The molecule has 0 saturated carbocycles. The van der Waals surface area contributed by atoms with Crippen LogP contribution in [0.2, 0.25) is 0 Å². The van der Waals surface area contributed by atoms with Gasteiger partial charge in [0.05, 0.1) is 11.9 Å². The van der Waals surface area contributed by atoms with E-state index in [-0.39, 0.29) is 12.4 Å². The molecule has 0 amide bonds. The molecule has 0 N–H and O–H groups in total. The highest BCUT2D eigenvalue weighted by atomic mass is 19.1. The Morgan fingerprint density at radius 2 is 2.22 bits per heavy atom.